The minimum Gasteiger partial charge on any atom is -0.354 e. The monoisotopic (exact) mass is 734 g/mol. The van der Waals surface area contributed by atoms with Crippen LogP contribution in [0.2, 0.25) is 0 Å². The number of aromatic amines is 4. The first-order valence-electron chi connectivity index (χ1n) is 19.8. The van der Waals surface area contributed by atoms with Crippen LogP contribution in [0.1, 0.15) is 11.1 Å². The maximum Gasteiger partial charge on any atom is 0.0544 e. The Hall–Kier alpha value is -8.00. The predicted octanol–water partition coefficient (Wildman–Crippen LogP) is 14.2. The van der Waals surface area contributed by atoms with Crippen LogP contribution < -0.4 is 0 Å². The molecule has 0 saturated carbocycles. The van der Waals surface area contributed by atoms with Gasteiger partial charge in [0.15, 0.2) is 0 Å². The summed E-state index contributed by atoms with van der Waals surface area (Å²) in [5.41, 5.74) is 11.3. The predicted molar refractivity (Wildman–Crippen MR) is 246 cm³/mol. The number of nitrogens with one attached hydrogen (secondary N) is 4. The first-order chi connectivity index (χ1) is 28.7. The Bertz CT molecular complexity index is 3940. The summed E-state index contributed by atoms with van der Waals surface area (Å²) in [7, 11) is 0. The van der Waals surface area contributed by atoms with Crippen molar-refractivity contribution >= 4 is 130 Å². The first-order valence-corrected chi connectivity index (χ1v) is 19.8. The summed E-state index contributed by atoms with van der Waals surface area (Å²) in [6, 6.07) is 57.4. The number of rotatable bonds is 0. The molecule has 4 heteroatoms. The molecule has 0 fully saturated rings. The van der Waals surface area contributed by atoms with Gasteiger partial charge in [-0.3, -0.25) is 0 Å². The minimum atomic E-state index is 0.998. The first kappa shape index (κ1) is 30.2. The molecule has 0 unspecified atom stereocenters. The van der Waals surface area contributed by atoms with E-state index in [9.17, 15) is 0 Å². The fourth-order valence-corrected chi connectivity index (χ4v) is 9.98. The van der Waals surface area contributed by atoms with E-state index >= 15 is 0 Å². The molecule has 0 amide bonds. The minimum absolute atomic E-state index is 0.998. The maximum absolute atomic E-state index is 3.79. The van der Waals surface area contributed by atoms with Crippen LogP contribution in [0, 0.1) is 11.8 Å². The van der Waals surface area contributed by atoms with E-state index in [1.165, 1.54) is 97.2 Å². The summed E-state index contributed by atoms with van der Waals surface area (Å²) in [6.07, 6.45) is 0. The van der Waals surface area contributed by atoms with Crippen molar-refractivity contribution in [1.29, 1.82) is 0 Å². The van der Waals surface area contributed by atoms with Gasteiger partial charge < -0.3 is 19.9 Å². The lowest BCUT2D eigenvalue weighted by molar-refractivity contribution is 1.56. The summed E-state index contributed by atoms with van der Waals surface area (Å²) >= 11 is 0. The molecule has 0 aliphatic rings. The highest BCUT2D eigenvalue weighted by molar-refractivity contribution is 6.25. The quantitative estimate of drug-likeness (QED) is 0.112. The second-order valence-corrected chi connectivity index (χ2v) is 15.9. The topological polar surface area (TPSA) is 63.2 Å². The molecule has 4 N–H and O–H groups in total. The Morgan fingerprint density at radius 3 is 0.931 bits per heavy atom. The van der Waals surface area contributed by atoms with Crippen LogP contribution >= 0.6 is 0 Å². The second-order valence-electron chi connectivity index (χ2n) is 15.9. The molecule has 58 heavy (non-hydrogen) atoms. The molecule has 14 rings (SSSR count). The van der Waals surface area contributed by atoms with Crippen LogP contribution in [-0.4, -0.2) is 19.9 Å². The van der Waals surface area contributed by atoms with E-state index in [0.29, 0.717) is 0 Å². The van der Waals surface area contributed by atoms with E-state index in [1.807, 2.05) is 0 Å². The number of fused-ring (bicyclic) bond motifs is 20. The molecule has 0 spiro atoms. The van der Waals surface area contributed by atoms with Gasteiger partial charge in [0.25, 0.3) is 0 Å². The van der Waals surface area contributed by atoms with Crippen molar-refractivity contribution in [3.8, 4) is 11.8 Å². The molecule has 0 aliphatic heterocycles. The van der Waals surface area contributed by atoms with Gasteiger partial charge in [0.2, 0.25) is 0 Å². The van der Waals surface area contributed by atoms with E-state index in [0.717, 1.165) is 44.2 Å². The van der Waals surface area contributed by atoms with Crippen LogP contribution in [0.25, 0.3) is 130 Å². The lowest BCUT2D eigenvalue weighted by Gasteiger charge is -2.02. The SMILES string of the molecule is C(#Cc1ccc2c(ccc3c4cc5[nH]c6c7ccccc7ccc6c5cc4[nH]c23)c1)c1ccc2c(ccc3c4cc5[nH]c6c7ccccc7ccc6c5cc4[nH]c23)c1. The van der Waals surface area contributed by atoms with Crippen LogP contribution in [0.15, 0.2) is 158 Å². The van der Waals surface area contributed by atoms with E-state index in [4.69, 9.17) is 0 Å². The van der Waals surface area contributed by atoms with Gasteiger partial charge in [0.05, 0.1) is 22.1 Å². The van der Waals surface area contributed by atoms with Crippen molar-refractivity contribution in [2.75, 3.05) is 0 Å². The molecule has 0 bridgehead atoms. The number of hydrogen-bond acceptors (Lipinski definition) is 0. The molecule has 266 valence electrons. The summed E-state index contributed by atoms with van der Waals surface area (Å²) in [5.74, 6) is 6.93. The van der Waals surface area contributed by atoms with Gasteiger partial charge in [-0.2, -0.15) is 0 Å². The van der Waals surface area contributed by atoms with Gasteiger partial charge in [-0.15, -0.1) is 0 Å². The van der Waals surface area contributed by atoms with Crippen molar-refractivity contribution in [2.45, 2.75) is 0 Å². The highest BCUT2D eigenvalue weighted by Gasteiger charge is 2.15. The van der Waals surface area contributed by atoms with Crippen molar-refractivity contribution in [3.63, 3.8) is 0 Å². The molecule has 0 aliphatic carbocycles. The van der Waals surface area contributed by atoms with Crippen LogP contribution in [0.4, 0.5) is 0 Å². The van der Waals surface area contributed by atoms with Crippen molar-refractivity contribution in [2.24, 2.45) is 0 Å². The molecular formula is C54H30N4. The maximum atomic E-state index is 3.79. The summed E-state index contributed by atoms with van der Waals surface area (Å²) < 4.78 is 0. The average molecular weight is 735 g/mol. The number of aromatic nitrogens is 4. The Morgan fingerprint density at radius 1 is 0.241 bits per heavy atom. The molecule has 14 aromatic rings. The lowest BCUT2D eigenvalue weighted by atomic mass is 10.0. The van der Waals surface area contributed by atoms with E-state index in [2.05, 4.69) is 190 Å². The van der Waals surface area contributed by atoms with Gasteiger partial charge in [-0.25, -0.2) is 0 Å². The van der Waals surface area contributed by atoms with Crippen molar-refractivity contribution < 1.29 is 0 Å². The van der Waals surface area contributed by atoms with E-state index < -0.39 is 0 Å². The molecular weight excluding hydrogens is 705 g/mol. The number of H-pyrrole nitrogens is 4. The highest BCUT2D eigenvalue weighted by atomic mass is 14.7. The molecule has 10 aromatic carbocycles. The Labute approximate surface area is 329 Å². The van der Waals surface area contributed by atoms with Gasteiger partial charge >= 0.3 is 0 Å². The average Bonchev–Trinajstić information content (AvgIpc) is 4.03. The molecule has 4 heterocycles. The highest BCUT2D eigenvalue weighted by Crippen LogP contribution is 2.39. The summed E-state index contributed by atoms with van der Waals surface area (Å²) in [4.78, 5) is 15.1. The third-order valence-electron chi connectivity index (χ3n) is 12.8. The van der Waals surface area contributed by atoms with Gasteiger partial charge in [0.1, 0.15) is 0 Å². The third kappa shape index (κ3) is 4.09. The molecule has 0 saturated heterocycles. The molecule has 4 nitrogen and oxygen atoms in total. The lowest BCUT2D eigenvalue weighted by Crippen LogP contribution is -1.81. The fraction of sp³-hybridized carbons (Fsp3) is 0. The van der Waals surface area contributed by atoms with Crippen LogP contribution in [0.3, 0.4) is 0 Å². The van der Waals surface area contributed by atoms with Gasteiger partial charge in [-0.1, -0.05) is 121 Å². The molecule has 4 aromatic heterocycles. The third-order valence-corrected chi connectivity index (χ3v) is 12.8. The van der Waals surface area contributed by atoms with Gasteiger partial charge in [0, 0.05) is 97.8 Å². The Kier molecular flexibility index (Phi) is 5.66. The van der Waals surface area contributed by atoms with E-state index in [1.54, 1.807) is 0 Å². The zero-order valence-corrected chi connectivity index (χ0v) is 31.0. The fourth-order valence-electron chi connectivity index (χ4n) is 9.98. The van der Waals surface area contributed by atoms with E-state index in [-0.39, 0.29) is 0 Å². The van der Waals surface area contributed by atoms with Crippen LogP contribution in [-0.2, 0) is 0 Å². The summed E-state index contributed by atoms with van der Waals surface area (Å²) in [6.45, 7) is 0. The Balaban J connectivity index is 0.819. The molecule has 0 atom stereocenters. The molecule has 0 radical (unpaired) electrons. The zero-order chi connectivity index (χ0) is 37.6. The largest absolute Gasteiger partial charge is 0.354 e. The normalized spacial score (nSPS) is 12.3. The Morgan fingerprint density at radius 2 is 0.552 bits per heavy atom. The van der Waals surface area contributed by atoms with Crippen molar-refractivity contribution in [3.05, 3.63) is 169 Å². The van der Waals surface area contributed by atoms with Crippen molar-refractivity contribution in [1.82, 2.24) is 19.9 Å². The smallest absolute Gasteiger partial charge is 0.0544 e. The standard InChI is InChI=1S/C54H30N4/c1-3-7-35-31(5-1)13-19-39-43-25-49-45(27-47(43)55-51(35)39)41-21-15-33-23-29(11-17-37(33)53(41)57-49)9-10-30-12-18-38-34(24-30)16-22-42-46-28-48-44(26-50(46)58-54(38)42)40-20-14-32-6-2-4-8-36(32)52(40)56-48/h1-8,11-28,55-58H. The number of benzene rings is 10. The second kappa shape index (κ2) is 10.9. The number of hydrogen-bond donors (Lipinski definition) is 4. The van der Waals surface area contributed by atoms with Crippen LogP contribution in [0.5, 0.6) is 0 Å². The summed E-state index contributed by atoms with van der Waals surface area (Å²) in [5, 5.41) is 19.6. The van der Waals surface area contributed by atoms with Gasteiger partial charge in [-0.05, 0) is 70.1 Å². The zero-order valence-electron chi connectivity index (χ0n) is 31.0.